The van der Waals surface area contributed by atoms with Gasteiger partial charge in [0.05, 0.1) is 16.8 Å². The van der Waals surface area contributed by atoms with Gasteiger partial charge in [-0.25, -0.2) is 0 Å². The van der Waals surface area contributed by atoms with Gasteiger partial charge in [0.1, 0.15) is 5.69 Å². The zero-order valence-corrected chi connectivity index (χ0v) is 17.1. The molecular formula is C23H25N5O2. The summed E-state index contributed by atoms with van der Waals surface area (Å²) in [4.78, 5) is 35.2. The Morgan fingerprint density at radius 2 is 2.13 bits per heavy atom. The summed E-state index contributed by atoms with van der Waals surface area (Å²) < 4.78 is 0. The Morgan fingerprint density at radius 1 is 1.27 bits per heavy atom. The van der Waals surface area contributed by atoms with Crippen molar-refractivity contribution in [3.63, 3.8) is 0 Å². The largest absolute Gasteiger partial charge is 0.354 e. The van der Waals surface area contributed by atoms with E-state index in [0.29, 0.717) is 5.69 Å². The number of pyridine rings is 2. The van der Waals surface area contributed by atoms with E-state index in [0.717, 1.165) is 67.8 Å². The minimum atomic E-state index is -0.174. The SMILES string of the molecule is CNC(=O)c1ccc(C2=CCN(Cc3cnc4c(c3)NC(=O)C3(CC3)C4)CC2)cn1. The van der Waals surface area contributed by atoms with E-state index < -0.39 is 0 Å². The summed E-state index contributed by atoms with van der Waals surface area (Å²) in [6.45, 7) is 2.59. The van der Waals surface area contributed by atoms with Gasteiger partial charge in [-0.3, -0.25) is 24.5 Å². The fourth-order valence-corrected chi connectivity index (χ4v) is 4.30. The number of amides is 2. The zero-order chi connectivity index (χ0) is 20.7. The molecule has 30 heavy (non-hydrogen) atoms. The van der Waals surface area contributed by atoms with E-state index in [1.54, 1.807) is 19.3 Å². The first kappa shape index (κ1) is 18.9. The van der Waals surface area contributed by atoms with Gasteiger partial charge in [-0.15, -0.1) is 0 Å². The zero-order valence-electron chi connectivity index (χ0n) is 17.1. The van der Waals surface area contributed by atoms with Crippen LogP contribution >= 0.6 is 0 Å². The lowest BCUT2D eigenvalue weighted by Crippen LogP contribution is -2.32. The number of nitrogens with zero attached hydrogens (tertiary/aromatic N) is 3. The monoisotopic (exact) mass is 403 g/mol. The predicted molar refractivity (Wildman–Crippen MR) is 114 cm³/mol. The van der Waals surface area contributed by atoms with Crippen molar-refractivity contribution in [1.29, 1.82) is 0 Å². The van der Waals surface area contributed by atoms with Gasteiger partial charge in [0.2, 0.25) is 5.91 Å². The Labute approximate surface area is 175 Å². The van der Waals surface area contributed by atoms with Crippen molar-refractivity contribution in [1.82, 2.24) is 20.2 Å². The molecule has 2 aliphatic heterocycles. The number of hydrogen-bond acceptors (Lipinski definition) is 5. The summed E-state index contributed by atoms with van der Waals surface area (Å²) in [5, 5.41) is 5.65. The maximum Gasteiger partial charge on any atom is 0.269 e. The van der Waals surface area contributed by atoms with Crippen molar-refractivity contribution >= 4 is 23.1 Å². The molecule has 1 aliphatic carbocycles. The molecule has 2 aromatic rings. The van der Waals surface area contributed by atoms with Gasteiger partial charge >= 0.3 is 0 Å². The van der Waals surface area contributed by atoms with Crippen LogP contribution in [0.3, 0.4) is 0 Å². The van der Waals surface area contributed by atoms with E-state index in [4.69, 9.17) is 0 Å². The number of fused-ring (bicyclic) bond motifs is 1. The molecule has 1 fully saturated rings. The molecule has 2 amide bonds. The summed E-state index contributed by atoms with van der Waals surface area (Å²) in [6, 6.07) is 5.80. The van der Waals surface area contributed by atoms with Crippen LogP contribution in [0.4, 0.5) is 5.69 Å². The highest BCUT2D eigenvalue weighted by molar-refractivity contribution is 6.00. The van der Waals surface area contributed by atoms with Gasteiger partial charge in [0, 0.05) is 45.5 Å². The molecule has 0 radical (unpaired) electrons. The highest BCUT2D eigenvalue weighted by Crippen LogP contribution is 2.52. The first-order valence-corrected chi connectivity index (χ1v) is 10.5. The normalized spacial score (nSPS) is 19.6. The van der Waals surface area contributed by atoms with E-state index >= 15 is 0 Å². The molecule has 1 spiro atoms. The van der Waals surface area contributed by atoms with Crippen LogP contribution in [-0.2, 0) is 17.8 Å². The van der Waals surface area contributed by atoms with Crippen LogP contribution < -0.4 is 10.6 Å². The molecular weight excluding hydrogens is 378 g/mol. The Hall–Kier alpha value is -3.06. The van der Waals surface area contributed by atoms with Gasteiger partial charge in [0.25, 0.3) is 5.91 Å². The second-order valence-corrected chi connectivity index (χ2v) is 8.47. The Kier molecular flexibility index (Phi) is 4.62. The molecule has 0 unspecified atom stereocenters. The van der Waals surface area contributed by atoms with Crippen molar-refractivity contribution in [2.24, 2.45) is 5.41 Å². The third kappa shape index (κ3) is 3.50. The molecule has 3 aliphatic rings. The summed E-state index contributed by atoms with van der Waals surface area (Å²) in [7, 11) is 1.60. The number of anilines is 1. The third-order valence-corrected chi connectivity index (χ3v) is 6.41. The van der Waals surface area contributed by atoms with Crippen LogP contribution in [0.2, 0.25) is 0 Å². The fraction of sp³-hybridized carbons (Fsp3) is 0.391. The molecule has 2 aromatic heterocycles. The Morgan fingerprint density at radius 3 is 2.80 bits per heavy atom. The van der Waals surface area contributed by atoms with Gasteiger partial charge in [0.15, 0.2) is 0 Å². The second kappa shape index (κ2) is 7.32. The fourth-order valence-electron chi connectivity index (χ4n) is 4.30. The van der Waals surface area contributed by atoms with Crippen molar-refractivity contribution < 1.29 is 9.59 Å². The molecule has 0 aromatic carbocycles. The lowest BCUT2D eigenvalue weighted by molar-refractivity contribution is -0.121. The summed E-state index contributed by atoms with van der Waals surface area (Å²) in [5.41, 5.74) is 5.61. The van der Waals surface area contributed by atoms with Crippen molar-refractivity contribution in [2.45, 2.75) is 32.2 Å². The van der Waals surface area contributed by atoms with E-state index in [1.807, 2.05) is 12.3 Å². The number of carbonyl (C=O) groups excluding carboxylic acids is 2. The average molecular weight is 403 g/mol. The van der Waals surface area contributed by atoms with E-state index in [1.165, 1.54) is 5.57 Å². The van der Waals surface area contributed by atoms with Crippen molar-refractivity contribution in [2.75, 3.05) is 25.5 Å². The molecule has 0 atom stereocenters. The highest BCUT2D eigenvalue weighted by Gasteiger charge is 2.52. The minimum absolute atomic E-state index is 0.163. The molecule has 2 N–H and O–H groups in total. The van der Waals surface area contributed by atoms with Crippen LogP contribution in [0.5, 0.6) is 0 Å². The maximum atomic E-state index is 12.3. The number of hydrogen-bond donors (Lipinski definition) is 2. The summed E-state index contributed by atoms with van der Waals surface area (Å²) in [6.07, 6.45) is 9.62. The molecule has 154 valence electrons. The van der Waals surface area contributed by atoms with E-state index in [2.05, 4.69) is 37.6 Å². The standard InChI is InChI=1S/C23H25N5O2/c1-24-21(29)18-3-2-17(13-26-18)16-4-8-28(9-5-16)14-15-10-19-20(25-12-15)11-23(6-7-23)22(30)27-19/h2-4,10,12-13H,5-9,11,14H2,1H3,(H,24,29)(H,27,30). The Balaban J connectivity index is 1.23. The van der Waals surface area contributed by atoms with Gasteiger partial charge in [-0.1, -0.05) is 12.1 Å². The minimum Gasteiger partial charge on any atom is -0.354 e. The van der Waals surface area contributed by atoms with Crippen molar-refractivity contribution in [3.05, 3.63) is 59.2 Å². The molecule has 4 heterocycles. The van der Waals surface area contributed by atoms with Gasteiger partial charge < -0.3 is 10.6 Å². The highest BCUT2D eigenvalue weighted by atomic mass is 16.2. The average Bonchev–Trinajstić information content (AvgIpc) is 3.55. The molecule has 0 bridgehead atoms. The van der Waals surface area contributed by atoms with E-state index in [-0.39, 0.29) is 17.2 Å². The number of rotatable bonds is 4. The molecule has 1 saturated carbocycles. The van der Waals surface area contributed by atoms with Gasteiger partial charge in [-0.05, 0) is 48.1 Å². The van der Waals surface area contributed by atoms with Crippen LogP contribution in [0.15, 0.2) is 36.7 Å². The van der Waals surface area contributed by atoms with Crippen LogP contribution in [0.25, 0.3) is 5.57 Å². The van der Waals surface area contributed by atoms with E-state index in [9.17, 15) is 9.59 Å². The van der Waals surface area contributed by atoms with Crippen LogP contribution in [-0.4, -0.2) is 46.8 Å². The smallest absolute Gasteiger partial charge is 0.269 e. The summed E-state index contributed by atoms with van der Waals surface area (Å²) in [5.74, 6) is -0.0111. The summed E-state index contributed by atoms with van der Waals surface area (Å²) >= 11 is 0. The predicted octanol–water partition coefficient (Wildman–Crippen LogP) is 2.40. The molecule has 7 nitrogen and oxygen atoms in total. The number of carbonyl (C=O) groups is 2. The quantitative estimate of drug-likeness (QED) is 0.819. The first-order valence-electron chi connectivity index (χ1n) is 10.5. The van der Waals surface area contributed by atoms with Gasteiger partial charge in [-0.2, -0.15) is 0 Å². The second-order valence-electron chi connectivity index (χ2n) is 8.47. The van der Waals surface area contributed by atoms with Crippen LogP contribution in [0, 0.1) is 5.41 Å². The maximum absolute atomic E-state index is 12.3. The molecule has 7 heteroatoms. The topological polar surface area (TPSA) is 87.2 Å². The first-order chi connectivity index (χ1) is 14.6. The Bertz CT molecular complexity index is 1040. The molecule has 5 rings (SSSR count). The molecule has 0 saturated heterocycles. The third-order valence-electron chi connectivity index (χ3n) is 6.41. The lowest BCUT2D eigenvalue weighted by atomic mass is 9.93. The number of nitrogens with one attached hydrogen (secondary N) is 2. The van der Waals surface area contributed by atoms with Crippen LogP contribution in [0.1, 0.15) is 46.6 Å². The number of aromatic nitrogens is 2. The lowest BCUT2D eigenvalue weighted by Gasteiger charge is -2.28. The van der Waals surface area contributed by atoms with Crippen molar-refractivity contribution in [3.8, 4) is 0 Å².